The molecule has 0 aliphatic rings. The molecule has 2 heterocycles. The molecule has 3 rings (SSSR count). The zero-order valence-corrected chi connectivity index (χ0v) is 13.0. The van der Waals surface area contributed by atoms with Crippen molar-refractivity contribution in [3.8, 4) is 0 Å². The minimum Gasteiger partial charge on any atom is -0.431 e. The average Bonchev–Trinajstić information content (AvgIpc) is 3.01. The van der Waals surface area contributed by atoms with Crippen molar-refractivity contribution in [1.82, 2.24) is 20.8 Å². The molecule has 0 spiro atoms. The second-order valence-electron chi connectivity index (χ2n) is 4.60. The molecule has 1 amide bonds. The Morgan fingerprint density at radius 3 is 2.78 bits per heavy atom. The van der Waals surface area contributed by atoms with Gasteiger partial charge in [0.05, 0.1) is 17.1 Å². The highest BCUT2D eigenvalue weighted by molar-refractivity contribution is 7.99. The first kappa shape index (κ1) is 15.1. The Kier molecular flexibility index (Phi) is 4.58. The van der Waals surface area contributed by atoms with E-state index in [2.05, 4.69) is 27.4 Å². The number of hydrogen-bond acceptors (Lipinski definition) is 6. The van der Waals surface area contributed by atoms with E-state index in [1.807, 2.05) is 36.4 Å². The monoisotopic (exact) mass is 326 g/mol. The number of pyridine rings is 1. The Bertz CT molecular complexity index is 799. The Morgan fingerprint density at radius 2 is 2.00 bits per heavy atom. The number of fused-ring (bicyclic) bond motifs is 1. The van der Waals surface area contributed by atoms with Crippen molar-refractivity contribution in [1.29, 1.82) is 0 Å². The van der Waals surface area contributed by atoms with Gasteiger partial charge < -0.3 is 4.42 Å². The van der Waals surface area contributed by atoms with Gasteiger partial charge in [-0.2, -0.15) is 0 Å². The van der Waals surface area contributed by atoms with Gasteiger partial charge in [-0.15, -0.1) is 0 Å². The molecule has 0 atom stereocenters. The summed E-state index contributed by atoms with van der Waals surface area (Å²) in [6.45, 7) is 3.82. The Hall–Kier alpha value is -2.80. The maximum atomic E-state index is 11.8. The van der Waals surface area contributed by atoms with Gasteiger partial charge in [-0.1, -0.05) is 36.5 Å². The van der Waals surface area contributed by atoms with E-state index in [-0.39, 0.29) is 11.7 Å². The number of carbonyl (C=O) groups excluding carboxylic acids is 1. The van der Waals surface area contributed by atoms with Gasteiger partial charge in [-0.3, -0.25) is 20.6 Å². The van der Waals surface area contributed by atoms with Gasteiger partial charge in [0.1, 0.15) is 5.52 Å². The van der Waals surface area contributed by atoms with Crippen molar-refractivity contribution < 1.29 is 9.21 Å². The smallest absolute Gasteiger partial charge is 0.257 e. The van der Waals surface area contributed by atoms with Crippen LogP contribution >= 0.6 is 11.8 Å². The summed E-state index contributed by atoms with van der Waals surface area (Å²) in [5, 5.41) is 0.463. The van der Waals surface area contributed by atoms with Crippen LogP contribution in [0, 0.1) is 0 Å². The highest BCUT2D eigenvalue weighted by Gasteiger charge is 2.09. The summed E-state index contributed by atoms with van der Waals surface area (Å²) in [7, 11) is 0. The number of para-hydroxylation sites is 2. The molecule has 116 valence electrons. The van der Waals surface area contributed by atoms with Crippen molar-refractivity contribution in [2.24, 2.45) is 0 Å². The lowest BCUT2D eigenvalue weighted by Gasteiger charge is -2.09. The SMILES string of the molecule is C=C(NNC(=O)CSc1nc2ccccc2o1)c1ccccn1. The summed E-state index contributed by atoms with van der Waals surface area (Å²) in [5.41, 5.74) is 7.97. The molecule has 0 unspecified atom stereocenters. The fourth-order valence-corrected chi connectivity index (χ4v) is 2.46. The van der Waals surface area contributed by atoms with Crippen LogP contribution in [-0.4, -0.2) is 21.6 Å². The minimum atomic E-state index is -0.214. The number of rotatable bonds is 6. The predicted octanol–water partition coefficient (Wildman–Crippen LogP) is 2.61. The lowest BCUT2D eigenvalue weighted by atomic mass is 10.3. The first-order valence-electron chi connectivity index (χ1n) is 6.86. The molecular weight excluding hydrogens is 312 g/mol. The fourth-order valence-electron chi connectivity index (χ4n) is 1.83. The largest absolute Gasteiger partial charge is 0.431 e. The minimum absolute atomic E-state index is 0.176. The molecule has 3 aromatic rings. The number of nitrogens with zero attached hydrogens (tertiary/aromatic N) is 2. The summed E-state index contributed by atoms with van der Waals surface area (Å²) in [6.07, 6.45) is 1.66. The van der Waals surface area contributed by atoms with Crippen LogP contribution in [0.5, 0.6) is 0 Å². The average molecular weight is 326 g/mol. The summed E-state index contributed by atoms with van der Waals surface area (Å²) in [6, 6.07) is 12.9. The number of thioether (sulfide) groups is 1. The van der Waals surface area contributed by atoms with E-state index in [0.29, 0.717) is 22.2 Å². The Labute approximate surface area is 137 Å². The van der Waals surface area contributed by atoms with Crippen molar-refractivity contribution >= 4 is 34.5 Å². The van der Waals surface area contributed by atoms with Gasteiger partial charge in [0.15, 0.2) is 5.58 Å². The molecule has 0 bridgehead atoms. The molecule has 0 aliphatic carbocycles. The first-order valence-corrected chi connectivity index (χ1v) is 7.84. The van der Waals surface area contributed by atoms with Gasteiger partial charge >= 0.3 is 0 Å². The highest BCUT2D eigenvalue weighted by atomic mass is 32.2. The number of nitrogens with one attached hydrogen (secondary N) is 2. The van der Waals surface area contributed by atoms with Crippen LogP contribution in [0.3, 0.4) is 0 Å². The van der Waals surface area contributed by atoms with Gasteiger partial charge in [-0.25, -0.2) is 4.98 Å². The number of hydrogen-bond donors (Lipinski definition) is 2. The second-order valence-corrected chi connectivity index (χ2v) is 5.53. The Morgan fingerprint density at radius 1 is 1.17 bits per heavy atom. The number of oxazole rings is 1. The quantitative estimate of drug-likeness (QED) is 0.535. The molecule has 0 aliphatic heterocycles. The third-order valence-corrected chi connectivity index (χ3v) is 3.76. The van der Waals surface area contributed by atoms with E-state index < -0.39 is 0 Å². The van der Waals surface area contributed by atoms with E-state index in [0.717, 1.165) is 5.52 Å². The number of hydrazine groups is 1. The van der Waals surface area contributed by atoms with Crippen molar-refractivity contribution in [2.75, 3.05) is 5.75 Å². The fraction of sp³-hybridized carbons (Fsp3) is 0.0625. The van der Waals surface area contributed by atoms with Crippen LogP contribution < -0.4 is 10.9 Å². The maximum absolute atomic E-state index is 11.8. The molecule has 6 nitrogen and oxygen atoms in total. The summed E-state index contributed by atoms with van der Waals surface area (Å²) >= 11 is 1.23. The van der Waals surface area contributed by atoms with Gasteiger partial charge in [0.2, 0.25) is 5.91 Å². The van der Waals surface area contributed by atoms with Crippen LogP contribution in [0.2, 0.25) is 0 Å². The summed E-state index contributed by atoms with van der Waals surface area (Å²) < 4.78 is 5.54. The number of amides is 1. The zero-order valence-electron chi connectivity index (χ0n) is 12.2. The third-order valence-electron chi connectivity index (χ3n) is 2.93. The molecule has 0 saturated carbocycles. The van der Waals surface area contributed by atoms with Crippen molar-refractivity contribution in [3.63, 3.8) is 0 Å². The molecule has 1 aromatic carbocycles. The topological polar surface area (TPSA) is 80.0 Å². The normalized spacial score (nSPS) is 10.4. The number of carbonyl (C=O) groups is 1. The van der Waals surface area contributed by atoms with E-state index in [1.165, 1.54) is 11.8 Å². The van der Waals surface area contributed by atoms with Crippen LogP contribution in [0.4, 0.5) is 0 Å². The van der Waals surface area contributed by atoms with E-state index >= 15 is 0 Å². The molecule has 0 radical (unpaired) electrons. The zero-order chi connectivity index (χ0) is 16.1. The van der Waals surface area contributed by atoms with Crippen LogP contribution in [-0.2, 0) is 4.79 Å². The van der Waals surface area contributed by atoms with Crippen LogP contribution in [0.1, 0.15) is 5.69 Å². The molecular formula is C16H14N4O2S. The molecule has 2 aromatic heterocycles. The number of aromatic nitrogens is 2. The lowest BCUT2D eigenvalue weighted by molar-refractivity contribution is -0.119. The molecule has 0 saturated heterocycles. The summed E-state index contributed by atoms with van der Waals surface area (Å²) in [5.74, 6) is -0.0377. The number of benzene rings is 1. The Balaban J connectivity index is 1.49. The maximum Gasteiger partial charge on any atom is 0.257 e. The standard InChI is InChI=1S/C16H14N4O2S/c1-11(12-6-4-5-9-17-12)19-20-15(21)10-23-16-18-13-7-2-3-8-14(13)22-16/h2-9,19H,1,10H2,(H,20,21). The summed E-state index contributed by atoms with van der Waals surface area (Å²) in [4.78, 5) is 20.3. The van der Waals surface area contributed by atoms with E-state index in [1.54, 1.807) is 12.3 Å². The highest BCUT2D eigenvalue weighted by Crippen LogP contribution is 2.22. The molecule has 7 heteroatoms. The van der Waals surface area contributed by atoms with E-state index in [4.69, 9.17) is 4.42 Å². The molecule has 23 heavy (non-hydrogen) atoms. The van der Waals surface area contributed by atoms with Crippen LogP contribution in [0.15, 0.2) is 64.9 Å². The van der Waals surface area contributed by atoms with Crippen LogP contribution in [0.25, 0.3) is 16.8 Å². The van der Waals surface area contributed by atoms with Gasteiger partial charge in [-0.05, 0) is 24.3 Å². The second kappa shape index (κ2) is 6.97. The lowest BCUT2D eigenvalue weighted by Crippen LogP contribution is -2.37. The predicted molar refractivity (Wildman–Crippen MR) is 89.3 cm³/mol. The van der Waals surface area contributed by atoms with Gasteiger partial charge in [0.25, 0.3) is 5.22 Å². The van der Waals surface area contributed by atoms with Crippen molar-refractivity contribution in [3.05, 3.63) is 60.9 Å². The van der Waals surface area contributed by atoms with Crippen molar-refractivity contribution in [2.45, 2.75) is 5.22 Å². The van der Waals surface area contributed by atoms with E-state index in [9.17, 15) is 4.79 Å². The van der Waals surface area contributed by atoms with Gasteiger partial charge in [0, 0.05) is 6.20 Å². The first-order chi connectivity index (χ1) is 11.2. The molecule has 2 N–H and O–H groups in total. The molecule has 0 fully saturated rings. The third kappa shape index (κ3) is 3.89.